The summed E-state index contributed by atoms with van der Waals surface area (Å²) in [5, 5.41) is 2.60. The predicted molar refractivity (Wildman–Crippen MR) is 133 cm³/mol. The lowest BCUT2D eigenvalue weighted by molar-refractivity contribution is -0.140. The molecule has 0 spiro atoms. The molecule has 0 heterocycles. The molecule has 0 aliphatic carbocycles. The van der Waals surface area contributed by atoms with Crippen LogP contribution in [-0.2, 0) is 32.6 Å². The number of benzene rings is 2. The van der Waals surface area contributed by atoms with Crippen molar-refractivity contribution in [1.82, 2.24) is 10.2 Å². The molecule has 0 bridgehead atoms. The number of carbonyl (C=O) groups is 2. The Morgan fingerprint density at radius 1 is 1.00 bits per heavy atom. The van der Waals surface area contributed by atoms with Crippen molar-refractivity contribution in [2.24, 2.45) is 0 Å². The summed E-state index contributed by atoms with van der Waals surface area (Å²) in [6.45, 7) is 6.22. The van der Waals surface area contributed by atoms with E-state index in [0.29, 0.717) is 18.7 Å². The van der Waals surface area contributed by atoms with Crippen molar-refractivity contribution in [2.75, 3.05) is 24.2 Å². The van der Waals surface area contributed by atoms with E-state index in [1.807, 2.05) is 50.2 Å². The van der Waals surface area contributed by atoms with E-state index in [4.69, 9.17) is 0 Å². The van der Waals surface area contributed by atoms with Gasteiger partial charge in [-0.15, -0.1) is 0 Å². The Bertz CT molecular complexity index is 1030. The standard InChI is InChI=1S/C25H35N3O4S/c1-6-21-13-15-23(16-14-21)28(33(5,31)32)17-7-8-24(29)27(20(3)25(30)26-4)18-22-11-9-19(2)10-12-22/h9-16,20H,6-8,17-18H2,1-5H3,(H,26,30)/t20-/m0/s1. The van der Waals surface area contributed by atoms with Gasteiger partial charge >= 0.3 is 0 Å². The van der Waals surface area contributed by atoms with Crippen LogP contribution in [0.3, 0.4) is 0 Å². The van der Waals surface area contributed by atoms with Crippen LogP contribution in [-0.4, -0.2) is 51.0 Å². The van der Waals surface area contributed by atoms with Crippen molar-refractivity contribution in [2.45, 2.75) is 52.6 Å². The molecule has 0 aromatic heterocycles. The molecule has 0 aliphatic rings. The Morgan fingerprint density at radius 3 is 2.09 bits per heavy atom. The molecule has 0 aliphatic heterocycles. The molecule has 0 radical (unpaired) electrons. The first kappa shape index (κ1) is 26.4. The Labute approximate surface area is 197 Å². The highest BCUT2D eigenvalue weighted by Crippen LogP contribution is 2.20. The molecule has 2 aromatic carbocycles. The quantitative estimate of drug-likeness (QED) is 0.543. The first-order chi connectivity index (χ1) is 15.6. The van der Waals surface area contributed by atoms with Crippen LogP contribution in [0, 0.1) is 6.92 Å². The van der Waals surface area contributed by atoms with E-state index in [2.05, 4.69) is 5.32 Å². The second kappa shape index (κ2) is 11.8. The molecule has 33 heavy (non-hydrogen) atoms. The largest absolute Gasteiger partial charge is 0.357 e. The van der Waals surface area contributed by atoms with Crippen molar-refractivity contribution in [3.8, 4) is 0 Å². The number of aryl methyl sites for hydroxylation is 2. The topological polar surface area (TPSA) is 86.8 Å². The number of carbonyl (C=O) groups excluding carboxylic acids is 2. The van der Waals surface area contributed by atoms with Crippen LogP contribution in [0.25, 0.3) is 0 Å². The molecule has 0 fully saturated rings. The minimum Gasteiger partial charge on any atom is -0.357 e. The van der Waals surface area contributed by atoms with Crippen molar-refractivity contribution in [1.29, 1.82) is 0 Å². The molecule has 8 heteroatoms. The van der Waals surface area contributed by atoms with E-state index < -0.39 is 16.1 Å². The summed E-state index contributed by atoms with van der Waals surface area (Å²) in [4.78, 5) is 26.9. The van der Waals surface area contributed by atoms with Crippen molar-refractivity contribution in [3.05, 3.63) is 65.2 Å². The molecule has 7 nitrogen and oxygen atoms in total. The molecule has 2 amide bonds. The summed E-state index contributed by atoms with van der Waals surface area (Å²) in [6, 6.07) is 14.6. The lowest BCUT2D eigenvalue weighted by Crippen LogP contribution is -2.46. The van der Waals surface area contributed by atoms with E-state index in [1.165, 1.54) is 10.6 Å². The van der Waals surface area contributed by atoms with Crippen LogP contribution >= 0.6 is 0 Å². The molecule has 0 unspecified atom stereocenters. The third-order valence-electron chi connectivity index (χ3n) is 5.67. The van der Waals surface area contributed by atoms with Gasteiger partial charge in [-0.2, -0.15) is 0 Å². The van der Waals surface area contributed by atoms with Gasteiger partial charge in [0, 0.05) is 26.6 Å². The molecule has 1 N–H and O–H groups in total. The van der Waals surface area contributed by atoms with Gasteiger partial charge < -0.3 is 10.2 Å². The normalized spacial score (nSPS) is 12.2. The molecule has 0 saturated heterocycles. The molecular weight excluding hydrogens is 438 g/mol. The fraction of sp³-hybridized carbons (Fsp3) is 0.440. The highest BCUT2D eigenvalue weighted by atomic mass is 32.2. The second-order valence-corrected chi connectivity index (χ2v) is 10.2. The number of sulfonamides is 1. The van der Waals surface area contributed by atoms with Gasteiger partial charge in [0.1, 0.15) is 6.04 Å². The Balaban J connectivity index is 2.12. The molecule has 1 atom stereocenters. The minimum atomic E-state index is -3.50. The fourth-order valence-corrected chi connectivity index (χ4v) is 4.55. The van der Waals surface area contributed by atoms with Gasteiger partial charge in [-0.05, 0) is 49.9 Å². The second-order valence-electron chi connectivity index (χ2n) is 8.26. The minimum absolute atomic E-state index is 0.131. The van der Waals surface area contributed by atoms with E-state index in [0.717, 1.165) is 23.1 Å². The highest BCUT2D eigenvalue weighted by Gasteiger charge is 2.26. The van der Waals surface area contributed by atoms with Gasteiger partial charge in [-0.3, -0.25) is 13.9 Å². The number of hydrogen-bond donors (Lipinski definition) is 1. The van der Waals surface area contributed by atoms with Crippen LogP contribution in [0.5, 0.6) is 0 Å². The molecule has 180 valence electrons. The zero-order valence-electron chi connectivity index (χ0n) is 20.2. The maximum absolute atomic E-state index is 13.1. The van der Waals surface area contributed by atoms with Crippen molar-refractivity contribution >= 4 is 27.5 Å². The summed E-state index contributed by atoms with van der Waals surface area (Å²) in [6.07, 6.45) is 2.51. The zero-order chi connectivity index (χ0) is 24.6. The van der Waals surface area contributed by atoms with Gasteiger partial charge in [0.05, 0.1) is 11.9 Å². The lowest BCUT2D eigenvalue weighted by atomic mass is 10.1. The van der Waals surface area contributed by atoms with Crippen LogP contribution in [0.1, 0.15) is 43.4 Å². The summed E-state index contributed by atoms with van der Waals surface area (Å²) >= 11 is 0. The maximum atomic E-state index is 13.1. The van der Waals surface area contributed by atoms with E-state index in [1.54, 1.807) is 31.0 Å². The number of rotatable bonds is 11. The number of nitrogens with zero attached hydrogens (tertiary/aromatic N) is 2. The Hall–Kier alpha value is -2.87. The van der Waals surface area contributed by atoms with Gasteiger partial charge in [-0.1, -0.05) is 48.9 Å². The third kappa shape index (κ3) is 7.60. The van der Waals surface area contributed by atoms with E-state index >= 15 is 0 Å². The number of amides is 2. The zero-order valence-corrected chi connectivity index (χ0v) is 21.0. The monoisotopic (exact) mass is 473 g/mol. The van der Waals surface area contributed by atoms with Crippen LogP contribution in [0.2, 0.25) is 0 Å². The number of anilines is 1. The number of hydrogen-bond acceptors (Lipinski definition) is 4. The van der Waals surface area contributed by atoms with Crippen LogP contribution in [0.15, 0.2) is 48.5 Å². The van der Waals surface area contributed by atoms with Gasteiger partial charge in [-0.25, -0.2) is 8.42 Å². The van der Waals surface area contributed by atoms with Crippen LogP contribution < -0.4 is 9.62 Å². The SMILES string of the molecule is CCc1ccc(N(CCCC(=O)N(Cc2ccc(C)cc2)[C@@H](C)C(=O)NC)S(C)(=O)=O)cc1. The maximum Gasteiger partial charge on any atom is 0.242 e. The number of likely N-dealkylation sites (N-methyl/N-ethyl adjacent to an activating group) is 1. The molecule has 2 aromatic rings. The molecular formula is C25H35N3O4S. The Morgan fingerprint density at radius 2 is 1.58 bits per heavy atom. The van der Waals surface area contributed by atoms with Gasteiger partial charge in [0.2, 0.25) is 21.8 Å². The molecule has 0 saturated carbocycles. The number of nitrogens with one attached hydrogen (secondary N) is 1. The first-order valence-corrected chi connectivity index (χ1v) is 13.0. The van der Waals surface area contributed by atoms with Crippen molar-refractivity contribution in [3.63, 3.8) is 0 Å². The van der Waals surface area contributed by atoms with Gasteiger partial charge in [0.15, 0.2) is 0 Å². The average Bonchev–Trinajstić information content (AvgIpc) is 2.79. The van der Waals surface area contributed by atoms with E-state index in [9.17, 15) is 18.0 Å². The van der Waals surface area contributed by atoms with E-state index in [-0.39, 0.29) is 24.8 Å². The van der Waals surface area contributed by atoms with Crippen molar-refractivity contribution < 1.29 is 18.0 Å². The fourth-order valence-electron chi connectivity index (χ4n) is 3.58. The predicted octanol–water partition coefficient (Wildman–Crippen LogP) is 3.27. The summed E-state index contributed by atoms with van der Waals surface area (Å²) in [7, 11) is -1.95. The lowest BCUT2D eigenvalue weighted by Gasteiger charge is -2.29. The Kier molecular flexibility index (Phi) is 9.46. The molecule has 2 rings (SSSR count). The summed E-state index contributed by atoms with van der Waals surface area (Å²) < 4.78 is 26.1. The average molecular weight is 474 g/mol. The first-order valence-electron chi connectivity index (χ1n) is 11.2. The van der Waals surface area contributed by atoms with Crippen LogP contribution in [0.4, 0.5) is 5.69 Å². The highest BCUT2D eigenvalue weighted by molar-refractivity contribution is 7.92. The summed E-state index contributed by atoms with van der Waals surface area (Å²) in [5.74, 6) is -0.439. The smallest absolute Gasteiger partial charge is 0.242 e. The third-order valence-corrected chi connectivity index (χ3v) is 6.87. The summed E-state index contributed by atoms with van der Waals surface area (Å²) in [5.41, 5.74) is 3.75. The van der Waals surface area contributed by atoms with Gasteiger partial charge in [0.25, 0.3) is 0 Å².